The first-order chi connectivity index (χ1) is 14.9. The average molecular weight is 478 g/mol. The molecule has 0 bridgehead atoms. The number of anilines is 2. The Hall–Kier alpha value is -2.53. The van der Waals surface area contributed by atoms with E-state index in [1.54, 1.807) is 24.3 Å². The number of nitrogens with one attached hydrogen (secondary N) is 2. The summed E-state index contributed by atoms with van der Waals surface area (Å²) in [4.78, 5) is 14.6. The fraction of sp³-hybridized carbons (Fsp3) is 0.250. The third-order valence-electron chi connectivity index (χ3n) is 4.85. The van der Waals surface area contributed by atoms with Gasteiger partial charge in [0.25, 0.3) is 15.9 Å². The lowest BCUT2D eigenvalue weighted by Crippen LogP contribution is -2.23. The number of hydrogen-bond donors (Lipinski definition) is 2. The second kappa shape index (κ2) is 9.31. The fourth-order valence-corrected chi connectivity index (χ4v) is 5.39. The minimum atomic E-state index is -3.86. The zero-order chi connectivity index (χ0) is 21.8. The van der Waals surface area contributed by atoms with E-state index in [0.29, 0.717) is 0 Å². The lowest BCUT2D eigenvalue weighted by molar-refractivity contribution is 0.102. The molecule has 0 aliphatic carbocycles. The van der Waals surface area contributed by atoms with Crippen molar-refractivity contribution in [3.8, 4) is 0 Å². The van der Waals surface area contributed by atoms with E-state index in [2.05, 4.69) is 25.1 Å². The van der Waals surface area contributed by atoms with E-state index in [-0.39, 0.29) is 26.6 Å². The quantitative estimate of drug-likeness (QED) is 0.504. The van der Waals surface area contributed by atoms with Crippen LogP contribution in [0.2, 0.25) is 5.02 Å². The topological polar surface area (TPSA) is 104 Å². The highest BCUT2D eigenvalue weighted by Gasteiger charge is 2.21. The maximum absolute atomic E-state index is 12.6. The molecule has 1 aliphatic heterocycles. The van der Waals surface area contributed by atoms with Crippen LogP contribution in [0.15, 0.2) is 52.9 Å². The van der Waals surface area contributed by atoms with Crippen LogP contribution in [-0.2, 0) is 16.6 Å². The molecule has 31 heavy (non-hydrogen) atoms. The van der Waals surface area contributed by atoms with Crippen molar-refractivity contribution in [3.63, 3.8) is 0 Å². The molecule has 1 saturated heterocycles. The molecule has 4 rings (SSSR count). The number of benzene rings is 2. The van der Waals surface area contributed by atoms with E-state index < -0.39 is 15.9 Å². The number of carbonyl (C=O) groups excluding carboxylic acids is 1. The molecule has 8 nitrogen and oxygen atoms in total. The molecule has 1 aromatic heterocycles. The van der Waals surface area contributed by atoms with Crippen molar-refractivity contribution in [2.45, 2.75) is 23.7 Å². The third-order valence-corrected chi connectivity index (χ3v) is 7.79. The Labute approximate surface area is 189 Å². The van der Waals surface area contributed by atoms with E-state index in [4.69, 9.17) is 11.6 Å². The second-order valence-electron chi connectivity index (χ2n) is 6.99. The zero-order valence-electron chi connectivity index (χ0n) is 16.4. The van der Waals surface area contributed by atoms with Gasteiger partial charge in [0.05, 0.1) is 10.6 Å². The van der Waals surface area contributed by atoms with Gasteiger partial charge in [-0.1, -0.05) is 47.2 Å². The standard InChI is InChI=1S/C20H20ClN5O3S2/c21-17-6-2-1-5-16(17)18(27)23-19-24-25-20(30-19)31(28,29)22-13-14-7-9-15(10-8-14)26-11-3-4-12-26/h1-2,5-10,22H,3-4,11-13H2,(H,23,24,27). The van der Waals surface area contributed by atoms with E-state index in [0.717, 1.165) is 35.7 Å². The lowest BCUT2D eigenvalue weighted by Gasteiger charge is -2.17. The Morgan fingerprint density at radius 2 is 1.77 bits per heavy atom. The summed E-state index contributed by atoms with van der Waals surface area (Å²) >= 11 is 6.78. The second-order valence-corrected chi connectivity index (χ2v) is 10.3. The molecule has 0 radical (unpaired) electrons. The van der Waals surface area contributed by atoms with Gasteiger partial charge in [-0.2, -0.15) is 0 Å². The molecule has 0 atom stereocenters. The summed E-state index contributed by atoms with van der Waals surface area (Å²) in [6.07, 6.45) is 2.40. The molecule has 1 amide bonds. The molecule has 1 fully saturated rings. The monoisotopic (exact) mass is 477 g/mol. The molecule has 2 heterocycles. The van der Waals surface area contributed by atoms with Crippen LogP contribution in [0.4, 0.5) is 10.8 Å². The number of aromatic nitrogens is 2. The van der Waals surface area contributed by atoms with Crippen LogP contribution in [0.5, 0.6) is 0 Å². The molecule has 0 unspecified atom stereocenters. The normalized spacial score (nSPS) is 14.0. The molecule has 0 saturated carbocycles. The van der Waals surface area contributed by atoms with Crippen molar-refractivity contribution >= 4 is 49.7 Å². The minimum absolute atomic E-state index is 0.0697. The van der Waals surface area contributed by atoms with Gasteiger partial charge in [-0.25, -0.2) is 13.1 Å². The van der Waals surface area contributed by atoms with E-state index in [9.17, 15) is 13.2 Å². The van der Waals surface area contributed by atoms with Gasteiger partial charge < -0.3 is 4.90 Å². The van der Waals surface area contributed by atoms with Crippen LogP contribution in [0, 0.1) is 0 Å². The SMILES string of the molecule is O=C(Nc1nnc(S(=O)(=O)NCc2ccc(N3CCCC3)cc2)s1)c1ccccc1Cl. The van der Waals surface area contributed by atoms with Crippen LogP contribution in [0.25, 0.3) is 0 Å². The number of halogens is 1. The molecule has 2 N–H and O–H groups in total. The predicted molar refractivity (Wildman–Crippen MR) is 121 cm³/mol. The van der Waals surface area contributed by atoms with Crippen LogP contribution in [-0.4, -0.2) is 37.6 Å². The number of sulfonamides is 1. The Morgan fingerprint density at radius 1 is 1.06 bits per heavy atom. The van der Waals surface area contributed by atoms with Crippen molar-refractivity contribution in [2.75, 3.05) is 23.3 Å². The summed E-state index contributed by atoms with van der Waals surface area (Å²) in [5.74, 6) is -0.489. The predicted octanol–water partition coefficient (Wildman–Crippen LogP) is 3.52. The van der Waals surface area contributed by atoms with Crippen molar-refractivity contribution in [1.82, 2.24) is 14.9 Å². The molecule has 0 spiro atoms. The maximum atomic E-state index is 12.6. The number of carbonyl (C=O) groups is 1. The summed E-state index contributed by atoms with van der Waals surface area (Å²) in [6, 6.07) is 14.4. The molecular weight excluding hydrogens is 458 g/mol. The van der Waals surface area contributed by atoms with Gasteiger partial charge in [-0.3, -0.25) is 10.1 Å². The largest absolute Gasteiger partial charge is 0.372 e. The third kappa shape index (κ3) is 5.21. The van der Waals surface area contributed by atoms with Gasteiger partial charge in [0, 0.05) is 25.3 Å². The van der Waals surface area contributed by atoms with Crippen molar-refractivity contribution in [1.29, 1.82) is 0 Å². The Morgan fingerprint density at radius 3 is 2.48 bits per heavy atom. The summed E-state index contributed by atoms with van der Waals surface area (Å²) in [7, 11) is -3.86. The van der Waals surface area contributed by atoms with Crippen molar-refractivity contribution < 1.29 is 13.2 Å². The first kappa shape index (κ1) is 21.7. The van der Waals surface area contributed by atoms with Crippen LogP contribution < -0.4 is 14.9 Å². The Balaban J connectivity index is 1.37. The molecule has 3 aromatic rings. The highest BCUT2D eigenvalue weighted by Crippen LogP contribution is 2.23. The van der Waals surface area contributed by atoms with Crippen LogP contribution in [0.1, 0.15) is 28.8 Å². The minimum Gasteiger partial charge on any atom is -0.372 e. The van der Waals surface area contributed by atoms with Gasteiger partial charge >= 0.3 is 0 Å². The zero-order valence-corrected chi connectivity index (χ0v) is 18.8. The molecule has 11 heteroatoms. The van der Waals surface area contributed by atoms with Crippen LogP contribution >= 0.6 is 22.9 Å². The number of rotatable bonds is 7. The van der Waals surface area contributed by atoms with Crippen LogP contribution in [0.3, 0.4) is 0 Å². The van der Waals surface area contributed by atoms with E-state index in [1.807, 2.05) is 24.3 Å². The molecular formula is C20H20ClN5O3S2. The highest BCUT2D eigenvalue weighted by atomic mass is 35.5. The maximum Gasteiger partial charge on any atom is 0.270 e. The first-order valence-electron chi connectivity index (χ1n) is 9.65. The summed E-state index contributed by atoms with van der Waals surface area (Å²) in [6.45, 7) is 2.24. The summed E-state index contributed by atoms with van der Waals surface area (Å²) < 4.78 is 27.4. The van der Waals surface area contributed by atoms with Gasteiger partial charge in [0.2, 0.25) is 9.47 Å². The van der Waals surface area contributed by atoms with Crippen molar-refractivity contribution in [2.24, 2.45) is 0 Å². The summed E-state index contributed by atoms with van der Waals surface area (Å²) in [5.41, 5.74) is 2.25. The van der Waals surface area contributed by atoms with Crippen molar-refractivity contribution in [3.05, 3.63) is 64.7 Å². The van der Waals surface area contributed by atoms with E-state index in [1.165, 1.54) is 12.8 Å². The number of nitrogens with zero attached hydrogens (tertiary/aromatic N) is 3. The molecule has 1 aliphatic rings. The highest BCUT2D eigenvalue weighted by molar-refractivity contribution is 7.91. The average Bonchev–Trinajstić information content (AvgIpc) is 3.46. The van der Waals surface area contributed by atoms with Gasteiger partial charge in [-0.15, -0.1) is 10.2 Å². The smallest absolute Gasteiger partial charge is 0.270 e. The van der Waals surface area contributed by atoms with Gasteiger partial charge in [0.15, 0.2) is 0 Å². The fourth-order valence-electron chi connectivity index (χ4n) is 3.22. The Bertz CT molecular complexity index is 1180. The summed E-state index contributed by atoms with van der Waals surface area (Å²) in [5, 5.41) is 10.3. The van der Waals surface area contributed by atoms with E-state index >= 15 is 0 Å². The number of hydrogen-bond acceptors (Lipinski definition) is 7. The lowest BCUT2D eigenvalue weighted by atomic mass is 10.2. The van der Waals surface area contributed by atoms with Gasteiger partial charge in [-0.05, 0) is 42.7 Å². The van der Waals surface area contributed by atoms with Gasteiger partial charge in [0.1, 0.15) is 0 Å². The number of amides is 1. The Kier molecular flexibility index (Phi) is 6.51. The first-order valence-corrected chi connectivity index (χ1v) is 12.3. The molecule has 162 valence electrons. The molecule has 2 aromatic carbocycles.